The average molecular weight is 646 g/mol. The van der Waals surface area contributed by atoms with Gasteiger partial charge in [0.05, 0.1) is 5.91 Å². The quantitative estimate of drug-likeness (QED) is 0.129. The van der Waals surface area contributed by atoms with Gasteiger partial charge in [-0.1, -0.05) is 82.6 Å². The molecule has 0 aromatic carbocycles. The summed E-state index contributed by atoms with van der Waals surface area (Å²) in [4.78, 5) is 43.3. The Balaban J connectivity index is 0.00000675. The summed E-state index contributed by atoms with van der Waals surface area (Å²) in [6.07, 6.45) is 7.71. The number of carbonyl (C=O) groups is 3. The molecule has 3 rings (SSSR count). The number of amides is 1. The summed E-state index contributed by atoms with van der Waals surface area (Å²) >= 11 is 0. The van der Waals surface area contributed by atoms with Crippen molar-refractivity contribution in [3.63, 3.8) is 0 Å². The van der Waals surface area contributed by atoms with E-state index in [1.165, 1.54) is 5.57 Å². The molecule has 0 radical (unpaired) electrons. The van der Waals surface area contributed by atoms with Crippen molar-refractivity contribution in [1.82, 2.24) is 4.98 Å². The van der Waals surface area contributed by atoms with Crippen LogP contribution in [0.2, 0.25) is 0 Å². The summed E-state index contributed by atoms with van der Waals surface area (Å²) in [6.45, 7) is 28.1. The molecule has 230 valence electrons. The third-order valence-corrected chi connectivity index (χ3v) is 9.29. The third kappa shape index (κ3) is 7.07. The Morgan fingerprint density at radius 1 is 1.02 bits per heavy atom. The smallest absolute Gasteiger partial charge is 0.660 e. The van der Waals surface area contributed by atoms with Crippen molar-refractivity contribution in [1.29, 1.82) is 0 Å². The normalized spacial score (nSPS) is 20.1. The summed E-state index contributed by atoms with van der Waals surface area (Å²) < 4.78 is 0. The van der Waals surface area contributed by atoms with Crippen LogP contribution in [0.1, 0.15) is 115 Å². The number of allylic oxidation sites excluding steroid dienone is 9. The van der Waals surface area contributed by atoms with Gasteiger partial charge in [-0.25, -0.2) is 0 Å². The fraction of sp³-hybridized carbons (Fsp3) is 0.447. The summed E-state index contributed by atoms with van der Waals surface area (Å²) in [6, 6.07) is 0. The number of nitrogens with zero attached hydrogens (tertiary/aromatic N) is 2. The predicted molar refractivity (Wildman–Crippen MR) is 178 cm³/mol. The molecule has 5 nitrogen and oxygen atoms in total. The van der Waals surface area contributed by atoms with E-state index >= 15 is 0 Å². The van der Waals surface area contributed by atoms with Gasteiger partial charge in [0.1, 0.15) is 0 Å². The van der Waals surface area contributed by atoms with Crippen molar-refractivity contribution in [2.24, 2.45) is 11.8 Å². The number of hydrogen-bond acceptors (Lipinski definition) is 3. The molecule has 0 saturated carbocycles. The summed E-state index contributed by atoms with van der Waals surface area (Å²) in [5.74, 6) is -0.180. The maximum atomic E-state index is 13.7. The number of Topliss-reactive ketones (excluding diaryl/α,β-unsaturated/α-hetero) is 2. The number of fused-ring (bicyclic) bond motifs is 1. The third-order valence-electron chi connectivity index (χ3n) is 9.29. The second-order valence-corrected chi connectivity index (χ2v) is 12.2. The van der Waals surface area contributed by atoms with Crippen LogP contribution in [-0.4, -0.2) is 17.5 Å². The molecule has 2 heterocycles. The molecule has 1 aromatic rings. The van der Waals surface area contributed by atoms with E-state index in [9.17, 15) is 14.4 Å². The molecule has 1 amide bonds. The van der Waals surface area contributed by atoms with E-state index in [4.69, 9.17) is 4.98 Å². The molecular formula is C38H48N2O3Zn. The molecular weight excluding hydrogens is 598 g/mol. The van der Waals surface area contributed by atoms with Crippen molar-refractivity contribution in [3.05, 3.63) is 103 Å². The van der Waals surface area contributed by atoms with Crippen LogP contribution < -0.4 is 4.98 Å². The first-order valence-electron chi connectivity index (χ1n) is 15.5. The van der Waals surface area contributed by atoms with Crippen LogP contribution in [0.4, 0.5) is 0 Å². The monoisotopic (exact) mass is 644 g/mol. The van der Waals surface area contributed by atoms with Crippen molar-refractivity contribution in [3.8, 4) is 0 Å². The molecule has 1 aliphatic carbocycles. The van der Waals surface area contributed by atoms with Crippen LogP contribution in [0.3, 0.4) is 0 Å². The van der Waals surface area contributed by atoms with Gasteiger partial charge in [-0.05, 0) is 100 Å². The van der Waals surface area contributed by atoms with Crippen molar-refractivity contribution in [2.75, 3.05) is 0 Å². The van der Waals surface area contributed by atoms with E-state index in [1.54, 1.807) is 13.0 Å². The molecule has 1 aromatic heterocycles. The standard InChI is InChI=1S/C38H50N2O3.Zn/c1-13-16-30(23(7)28(12)41)21(5)19-33-26(10)35-36(39-33)34(27(11)37(35)42)25(9)31(17-14-2)22(6)20(4)18-32-24(8)29(15-3)38(43)40-32;/h15,18,21,27H,3-4,13-14,16-17,19H2,1-2,5-12H3,(H2,39,40,42,43);/q;+2/p-2/b30-23-,31-22-,32-18-,34-25+;. The van der Waals surface area contributed by atoms with Crippen LogP contribution in [0.5, 0.6) is 0 Å². The van der Waals surface area contributed by atoms with Gasteiger partial charge >= 0.3 is 19.5 Å². The second-order valence-electron chi connectivity index (χ2n) is 12.2. The van der Waals surface area contributed by atoms with Gasteiger partial charge in [0.2, 0.25) is 0 Å². The molecule has 0 N–H and O–H groups in total. The van der Waals surface area contributed by atoms with E-state index in [0.29, 0.717) is 17.7 Å². The van der Waals surface area contributed by atoms with Crippen LogP contribution in [0.15, 0.2) is 75.6 Å². The first kappa shape index (κ1) is 37.1. The zero-order valence-corrected chi connectivity index (χ0v) is 31.6. The van der Waals surface area contributed by atoms with Crippen LogP contribution in [0, 0.1) is 18.8 Å². The van der Waals surface area contributed by atoms with Gasteiger partial charge < -0.3 is 15.1 Å². The average Bonchev–Trinajstić information content (AvgIpc) is 3.51. The summed E-state index contributed by atoms with van der Waals surface area (Å²) in [5.41, 5.74) is 12.4. The SMILES string of the molecule is C=CC1=C(C)/C(=C/C(=C)/C(C)=C(CCC)\C(C)=C2\c3[n-]c(CC(C)/C(CCC)=C(/C)C(C)=O)c(C)c3C(=O)C2C)[N-]C1=O.[Zn+2]. The summed E-state index contributed by atoms with van der Waals surface area (Å²) in [7, 11) is 0. The Bertz CT molecular complexity index is 1550. The Morgan fingerprint density at radius 3 is 2.16 bits per heavy atom. The Hall–Kier alpha value is -3.11. The van der Waals surface area contributed by atoms with Gasteiger partial charge in [0.15, 0.2) is 11.6 Å². The van der Waals surface area contributed by atoms with E-state index in [0.717, 1.165) is 87.2 Å². The second kappa shape index (κ2) is 15.3. The maximum Gasteiger partial charge on any atom is 2.00 e. The number of ketones is 2. The number of hydrogen-bond donors (Lipinski definition) is 0. The van der Waals surface area contributed by atoms with Gasteiger partial charge in [0, 0.05) is 17.1 Å². The number of rotatable bonds is 12. The molecule has 0 bridgehead atoms. The van der Waals surface area contributed by atoms with Crippen molar-refractivity contribution >= 4 is 23.0 Å². The van der Waals surface area contributed by atoms with E-state index in [-0.39, 0.29) is 48.8 Å². The van der Waals surface area contributed by atoms with E-state index in [1.807, 2.05) is 33.8 Å². The fourth-order valence-corrected chi connectivity index (χ4v) is 6.53. The zero-order valence-electron chi connectivity index (χ0n) is 28.6. The van der Waals surface area contributed by atoms with Gasteiger partial charge in [-0.15, -0.1) is 11.4 Å². The number of aromatic nitrogens is 1. The molecule has 2 unspecified atom stereocenters. The first-order chi connectivity index (χ1) is 20.2. The molecule has 0 fully saturated rings. The molecule has 0 spiro atoms. The first-order valence-corrected chi connectivity index (χ1v) is 15.5. The van der Waals surface area contributed by atoms with Crippen molar-refractivity contribution < 1.29 is 33.9 Å². The Morgan fingerprint density at radius 2 is 1.64 bits per heavy atom. The fourth-order valence-electron chi connectivity index (χ4n) is 6.53. The Labute approximate surface area is 277 Å². The van der Waals surface area contributed by atoms with Crippen molar-refractivity contribution in [2.45, 2.75) is 101 Å². The minimum atomic E-state index is -0.285. The molecule has 0 saturated heterocycles. The van der Waals surface area contributed by atoms with E-state index in [2.05, 4.69) is 53.1 Å². The Kier molecular flexibility index (Phi) is 12.9. The minimum absolute atomic E-state index is 0. The van der Waals surface area contributed by atoms with Crippen LogP contribution >= 0.6 is 0 Å². The predicted octanol–water partition coefficient (Wildman–Crippen LogP) is 9.41. The molecule has 6 heteroatoms. The van der Waals surface area contributed by atoms with Crippen LogP contribution in [0.25, 0.3) is 10.9 Å². The topological polar surface area (TPSA) is 79.4 Å². The van der Waals surface area contributed by atoms with Gasteiger partial charge in [-0.3, -0.25) is 9.59 Å². The summed E-state index contributed by atoms with van der Waals surface area (Å²) in [5, 5.41) is 4.21. The molecule has 2 atom stereocenters. The number of carbonyl (C=O) groups excluding carboxylic acids is 3. The van der Waals surface area contributed by atoms with Crippen LogP contribution in [-0.2, 0) is 35.5 Å². The molecule has 44 heavy (non-hydrogen) atoms. The minimum Gasteiger partial charge on any atom is -0.660 e. The maximum absolute atomic E-state index is 13.7. The largest absolute Gasteiger partial charge is 2.00 e. The van der Waals surface area contributed by atoms with Gasteiger partial charge in [0.25, 0.3) is 0 Å². The zero-order chi connectivity index (χ0) is 32.3. The van der Waals surface area contributed by atoms with Gasteiger partial charge in [-0.2, -0.15) is 5.69 Å². The molecule has 2 aliphatic rings. The van der Waals surface area contributed by atoms with E-state index < -0.39 is 0 Å². The molecule has 1 aliphatic heterocycles.